The lowest BCUT2D eigenvalue weighted by Crippen LogP contribution is -2.40. The van der Waals surface area contributed by atoms with Gasteiger partial charge in [0.1, 0.15) is 5.82 Å². The maximum Gasteiger partial charge on any atom is 0.226 e. The first-order chi connectivity index (χ1) is 14.1. The minimum atomic E-state index is 0.134. The zero-order chi connectivity index (χ0) is 20.2. The molecule has 0 unspecified atom stereocenters. The van der Waals surface area contributed by atoms with Gasteiger partial charge >= 0.3 is 0 Å². The number of nitrogens with zero attached hydrogens (tertiary/aromatic N) is 3. The summed E-state index contributed by atoms with van der Waals surface area (Å²) in [5.74, 6) is 1.25. The first-order valence-corrected chi connectivity index (χ1v) is 11.2. The van der Waals surface area contributed by atoms with Gasteiger partial charge in [-0.2, -0.15) is 0 Å². The lowest BCUT2D eigenvalue weighted by Gasteiger charge is -2.28. The largest absolute Gasteiger partial charge is 0.376 e. The monoisotopic (exact) mass is 435 g/mol. The molecule has 1 aromatic heterocycles. The summed E-state index contributed by atoms with van der Waals surface area (Å²) in [5, 5.41) is 1.25. The summed E-state index contributed by atoms with van der Waals surface area (Å²) in [4.78, 5) is 19.7. The molecular formula is C22H27Cl2N3O2. The Bertz CT molecular complexity index is 842. The topological polar surface area (TPSA) is 47.4 Å². The Balaban J connectivity index is 1.51. The fourth-order valence-electron chi connectivity index (χ4n) is 4.34. The molecule has 1 aromatic carbocycles. The number of aromatic nitrogens is 2. The number of benzene rings is 1. The van der Waals surface area contributed by atoms with Gasteiger partial charge in [0.15, 0.2) is 0 Å². The highest BCUT2D eigenvalue weighted by molar-refractivity contribution is 6.35. The van der Waals surface area contributed by atoms with Crippen LogP contribution in [0.5, 0.6) is 0 Å². The van der Waals surface area contributed by atoms with E-state index in [4.69, 9.17) is 27.9 Å². The highest BCUT2D eigenvalue weighted by atomic mass is 35.5. The number of carbonyl (C=O) groups is 1. The van der Waals surface area contributed by atoms with Crippen LogP contribution in [-0.2, 0) is 22.6 Å². The predicted molar refractivity (Wildman–Crippen MR) is 114 cm³/mol. The fraction of sp³-hybridized carbons (Fsp3) is 0.545. The molecule has 0 N–H and O–H groups in total. The smallest absolute Gasteiger partial charge is 0.226 e. The normalized spacial score (nSPS) is 19.7. The van der Waals surface area contributed by atoms with Gasteiger partial charge in [-0.1, -0.05) is 42.1 Å². The van der Waals surface area contributed by atoms with E-state index in [1.54, 1.807) is 12.3 Å². The second kappa shape index (κ2) is 9.50. The van der Waals surface area contributed by atoms with E-state index in [-0.39, 0.29) is 17.9 Å². The number of carbonyl (C=O) groups excluding carboxylic acids is 1. The maximum absolute atomic E-state index is 13.2. The molecule has 2 heterocycles. The molecular weight excluding hydrogens is 409 g/mol. The van der Waals surface area contributed by atoms with Crippen molar-refractivity contribution < 1.29 is 9.53 Å². The van der Waals surface area contributed by atoms with Gasteiger partial charge in [-0.25, -0.2) is 4.98 Å². The molecule has 1 aliphatic heterocycles. The summed E-state index contributed by atoms with van der Waals surface area (Å²) in [7, 11) is 0. The zero-order valence-electron chi connectivity index (χ0n) is 16.5. The second-order valence-corrected chi connectivity index (χ2v) is 8.89. The Labute approximate surface area is 182 Å². The van der Waals surface area contributed by atoms with Crippen molar-refractivity contribution in [1.29, 1.82) is 0 Å². The van der Waals surface area contributed by atoms with E-state index >= 15 is 0 Å². The second-order valence-electron chi connectivity index (χ2n) is 8.04. The molecule has 2 aromatic rings. The van der Waals surface area contributed by atoms with E-state index in [0.29, 0.717) is 29.7 Å². The van der Waals surface area contributed by atoms with Crippen LogP contribution in [0.3, 0.4) is 0 Å². The minimum Gasteiger partial charge on any atom is -0.376 e. The summed E-state index contributed by atoms with van der Waals surface area (Å²) < 4.78 is 7.87. The molecule has 7 heteroatoms. The van der Waals surface area contributed by atoms with Crippen LogP contribution in [0.2, 0.25) is 10.0 Å². The summed E-state index contributed by atoms with van der Waals surface area (Å²) in [5.41, 5.74) is 0.975. The standard InChI is InChI=1S/C22H27Cl2N3O2/c23-18-8-7-17(20(24)12-18)13-26-10-9-25-21(26)15-27(14-19-6-3-11-29-19)22(28)16-4-1-2-5-16/h7-10,12,16,19H,1-6,11,13-15H2/t19-/m0/s1. The average molecular weight is 436 g/mol. The van der Waals surface area contributed by atoms with E-state index in [2.05, 4.69) is 9.55 Å². The van der Waals surface area contributed by atoms with Gasteiger partial charge in [0, 0.05) is 41.5 Å². The Kier molecular flexibility index (Phi) is 6.78. The molecule has 4 rings (SSSR count). The van der Waals surface area contributed by atoms with Gasteiger partial charge in [-0.05, 0) is 43.4 Å². The third kappa shape index (κ3) is 5.14. The SMILES string of the molecule is O=C(C1CCCC1)N(Cc1nccn1Cc1ccc(Cl)cc1Cl)C[C@@H]1CCCO1. The van der Waals surface area contributed by atoms with Crippen LogP contribution in [0.1, 0.15) is 49.9 Å². The van der Waals surface area contributed by atoms with Crippen LogP contribution in [0.15, 0.2) is 30.6 Å². The van der Waals surface area contributed by atoms with Crippen molar-refractivity contribution in [2.75, 3.05) is 13.2 Å². The zero-order valence-corrected chi connectivity index (χ0v) is 18.0. The van der Waals surface area contributed by atoms with Gasteiger partial charge in [0.2, 0.25) is 5.91 Å². The molecule has 0 radical (unpaired) electrons. The summed E-state index contributed by atoms with van der Waals surface area (Å²) in [6, 6.07) is 5.53. The van der Waals surface area contributed by atoms with Gasteiger partial charge in [-0.15, -0.1) is 0 Å². The Hall–Kier alpha value is -1.56. The van der Waals surface area contributed by atoms with E-state index in [1.165, 1.54) is 0 Å². The number of hydrogen-bond donors (Lipinski definition) is 0. The van der Waals surface area contributed by atoms with Crippen molar-refractivity contribution in [3.63, 3.8) is 0 Å². The molecule has 1 saturated heterocycles. The first-order valence-electron chi connectivity index (χ1n) is 10.4. The number of rotatable bonds is 7. The minimum absolute atomic E-state index is 0.134. The molecule has 2 fully saturated rings. The third-order valence-electron chi connectivity index (χ3n) is 5.95. The summed E-state index contributed by atoms with van der Waals surface area (Å²) in [6.45, 7) is 2.52. The molecule has 5 nitrogen and oxygen atoms in total. The molecule has 1 aliphatic carbocycles. The Morgan fingerprint density at radius 3 is 2.76 bits per heavy atom. The van der Waals surface area contributed by atoms with Crippen molar-refractivity contribution in [2.45, 2.75) is 57.7 Å². The number of hydrogen-bond acceptors (Lipinski definition) is 3. The molecule has 29 heavy (non-hydrogen) atoms. The quantitative estimate of drug-likeness (QED) is 0.618. The molecule has 1 amide bonds. The number of ether oxygens (including phenoxy) is 1. The van der Waals surface area contributed by atoms with Gasteiger partial charge < -0.3 is 14.2 Å². The van der Waals surface area contributed by atoms with Crippen molar-refractivity contribution >= 4 is 29.1 Å². The van der Waals surface area contributed by atoms with Crippen LogP contribution in [0.25, 0.3) is 0 Å². The lowest BCUT2D eigenvalue weighted by atomic mass is 10.1. The van der Waals surface area contributed by atoms with E-state index in [9.17, 15) is 4.79 Å². The van der Waals surface area contributed by atoms with E-state index in [0.717, 1.165) is 56.5 Å². The predicted octanol–water partition coefficient (Wildman–Crippen LogP) is 4.94. The molecule has 0 bridgehead atoms. The van der Waals surface area contributed by atoms with Gasteiger partial charge in [0.05, 0.1) is 19.2 Å². The van der Waals surface area contributed by atoms with Gasteiger partial charge in [-0.3, -0.25) is 4.79 Å². The maximum atomic E-state index is 13.2. The average Bonchev–Trinajstić information content (AvgIpc) is 3.46. The molecule has 1 atom stereocenters. The van der Waals surface area contributed by atoms with E-state index in [1.807, 2.05) is 23.2 Å². The van der Waals surface area contributed by atoms with Crippen LogP contribution < -0.4 is 0 Å². The fourth-order valence-corrected chi connectivity index (χ4v) is 4.81. The van der Waals surface area contributed by atoms with E-state index < -0.39 is 0 Å². The highest BCUT2D eigenvalue weighted by Crippen LogP contribution is 2.28. The molecule has 1 saturated carbocycles. The Morgan fingerprint density at radius 1 is 1.21 bits per heavy atom. The lowest BCUT2D eigenvalue weighted by molar-refractivity contribution is -0.137. The number of imidazole rings is 1. The van der Waals surface area contributed by atoms with Gasteiger partial charge in [0.25, 0.3) is 0 Å². The molecule has 156 valence electrons. The number of halogens is 2. The number of amides is 1. The first kappa shape index (κ1) is 20.7. The van der Waals surface area contributed by atoms with Crippen molar-refractivity contribution in [3.05, 3.63) is 52.0 Å². The van der Waals surface area contributed by atoms with Crippen molar-refractivity contribution in [2.24, 2.45) is 5.92 Å². The Morgan fingerprint density at radius 2 is 2.03 bits per heavy atom. The molecule has 0 spiro atoms. The van der Waals surface area contributed by atoms with Crippen molar-refractivity contribution in [3.8, 4) is 0 Å². The van der Waals surface area contributed by atoms with Crippen LogP contribution in [-0.4, -0.2) is 39.6 Å². The third-order valence-corrected chi connectivity index (χ3v) is 6.54. The van der Waals surface area contributed by atoms with Crippen LogP contribution in [0, 0.1) is 5.92 Å². The summed E-state index contributed by atoms with van der Waals surface area (Å²) in [6.07, 6.45) is 10.2. The van der Waals surface area contributed by atoms with Crippen molar-refractivity contribution in [1.82, 2.24) is 14.5 Å². The highest BCUT2D eigenvalue weighted by Gasteiger charge is 2.30. The van der Waals surface area contributed by atoms with Crippen LogP contribution in [0.4, 0.5) is 0 Å². The summed E-state index contributed by atoms with van der Waals surface area (Å²) >= 11 is 12.4. The van der Waals surface area contributed by atoms with Crippen LogP contribution >= 0.6 is 23.2 Å². The molecule has 2 aliphatic rings.